The maximum absolute atomic E-state index is 12.6. The van der Waals surface area contributed by atoms with Crippen molar-refractivity contribution in [3.63, 3.8) is 0 Å². The number of imidazole rings is 1. The Bertz CT molecular complexity index is 1310. The molecule has 6 heteroatoms. The smallest absolute Gasteiger partial charge is 0.326 e. The molecular weight excluding hydrogens is 376 g/mol. The number of hydrogen-bond donors (Lipinski definition) is 1. The first-order chi connectivity index (χ1) is 14.7. The van der Waals surface area contributed by atoms with E-state index < -0.39 is 0 Å². The number of rotatable bonds is 3. The number of amides is 1. The minimum Gasteiger partial charge on any atom is -0.339 e. The molecule has 1 aliphatic rings. The molecule has 2 aromatic carbocycles. The van der Waals surface area contributed by atoms with Gasteiger partial charge < -0.3 is 9.88 Å². The van der Waals surface area contributed by atoms with Crippen molar-refractivity contribution in [2.45, 2.75) is 18.9 Å². The molecule has 0 aliphatic carbocycles. The Kier molecular flexibility index (Phi) is 4.67. The van der Waals surface area contributed by atoms with Crippen LogP contribution in [-0.2, 0) is 4.79 Å². The molecule has 0 bridgehead atoms. The van der Waals surface area contributed by atoms with Crippen molar-refractivity contribution >= 4 is 33.9 Å². The second-order valence-corrected chi connectivity index (χ2v) is 7.64. The van der Waals surface area contributed by atoms with Gasteiger partial charge in [0.25, 0.3) is 0 Å². The molecule has 6 nitrogen and oxygen atoms in total. The van der Waals surface area contributed by atoms with Crippen LogP contribution in [0.2, 0.25) is 0 Å². The number of para-hydroxylation sites is 3. The van der Waals surface area contributed by atoms with E-state index in [1.807, 2.05) is 70.1 Å². The van der Waals surface area contributed by atoms with Gasteiger partial charge in [-0.2, -0.15) is 0 Å². The second kappa shape index (κ2) is 7.63. The number of aromatic nitrogens is 3. The van der Waals surface area contributed by atoms with E-state index in [0.717, 1.165) is 40.5 Å². The predicted octanol–water partition coefficient (Wildman–Crippen LogP) is 3.75. The van der Waals surface area contributed by atoms with Crippen LogP contribution in [0.25, 0.3) is 28.0 Å². The highest BCUT2D eigenvalue weighted by Gasteiger charge is 2.25. The van der Waals surface area contributed by atoms with Gasteiger partial charge in [0.05, 0.1) is 22.2 Å². The van der Waals surface area contributed by atoms with Gasteiger partial charge in [0.2, 0.25) is 5.91 Å². The van der Waals surface area contributed by atoms with Gasteiger partial charge in [0.15, 0.2) is 0 Å². The Morgan fingerprint density at radius 1 is 1.00 bits per heavy atom. The number of carbonyl (C=O) groups excluding carboxylic acids is 1. The number of nitrogens with one attached hydrogen (secondary N) is 1. The molecule has 30 heavy (non-hydrogen) atoms. The fourth-order valence-electron chi connectivity index (χ4n) is 4.22. The number of fused-ring (bicyclic) bond motifs is 2. The number of carbonyl (C=O) groups is 1. The molecule has 1 aliphatic heterocycles. The Morgan fingerprint density at radius 3 is 2.63 bits per heavy atom. The molecule has 1 fully saturated rings. The highest BCUT2D eigenvalue weighted by molar-refractivity contribution is 5.92. The van der Waals surface area contributed by atoms with Crippen molar-refractivity contribution < 1.29 is 4.79 Å². The molecule has 1 N–H and O–H groups in total. The largest absolute Gasteiger partial charge is 0.339 e. The van der Waals surface area contributed by atoms with Gasteiger partial charge in [-0.1, -0.05) is 36.4 Å². The van der Waals surface area contributed by atoms with Crippen LogP contribution in [0.5, 0.6) is 0 Å². The zero-order valence-electron chi connectivity index (χ0n) is 16.5. The summed E-state index contributed by atoms with van der Waals surface area (Å²) in [5.74, 6) is -0.0188. The number of benzene rings is 2. The molecule has 150 valence electrons. The van der Waals surface area contributed by atoms with Crippen molar-refractivity contribution in [2.75, 3.05) is 13.1 Å². The molecule has 1 amide bonds. The monoisotopic (exact) mass is 398 g/mol. The van der Waals surface area contributed by atoms with Crippen molar-refractivity contribution in [3.8, 4) is 0 Å². The van der Waals surface area contributed by atoms with E-state index >= 15 is 0 Å². The average Bonchev–Trinajstić information content (AvgIpc) is 3.13. The van der Waals surface area contributed by atoms with Gasteiger partial charge in [-0.25, -0.2) is 9.78 Å². The molecule has 0 atom stereocenters. The van der Waals surface area contributed by atoms with Gasteiger partial charge in [-0.15, -0.1) is 0 Å². The standard InChI is InChI=1S/C24H22N4O2/c29-23(12-11-18-10-9-17-5-1-2-6-20(17)25-18)27-15-13-19(14-16-27)28-22-8-4-3-7-21(22)26-24(28)30/h1-12,19H,13-16H2,(H,26,30)/b12-11+. The third-order valence-corrected chi connectivity index (χ3v) is 5.78. The minimum atomic E-state index is -0.0803. The van der Waals surface area contributed by atoms with Crippen LogP contribution in [0.1, 0.15) is 24.6 Å². The van der Waals surface area contributed by atoms with Crippen molar-refractivity contribution in [3.05, 3.63) is 82.9 Å². The van der Waals surface area contributed by atoms with Crippen LogP contribution in [0.15, 0.2) is 71.5 Å². The van der Waals surface area contributed by atoms with Gasteiger partial charge in [-0.05, 0) is 43.2 Å². The number of aromatic amines is 1. The molecule has 0 radical (unpaired) electrons. The highest BCUT2D eigenvalue weighted by Crippen LogP contribution is 2.25. The summed E-state index contributed by atoms with van der Waals surface area (Å²) in [5, 5.41) is 1.08. The molecule has 5 rings (SSSR count). The Hall–Kier alpha value is -3.67. The SMILES string of the molecule is O=C(/C=C/c1ccc2ccccc2n1)N1CCC(n2c(=O)[nH]c3ccccc32)CC1. The van der Waals surface area contributed by atoms with Crippen LogP contribution in [0.3, 0.4) is 0 Å². The van der Waals surface area contributed by atoms with Crippen LogP contribution >= 0.6 is 0 Å². The van der Waals surface area contributed by atoms with Gasteiger partial charge in [0.1, 0.15) is 0 Å². The van der Waals surface area contributed by atoms with E-state index in [9.17, 15) is 9.59 Å². The third-order valence-electron chi connectivity index (χ3n) is 5.78. The summed E-state index contributed by atoms with van der Waals surface area (Å²) in [5.41, 5.74) is 3.38. The third kappa shape index (κ3) is 3.41. The van der Waals surface area contributed by atoms with Gasteiger partial charge in [0, 0.05) is 30.6 Å². The summed E-state index contributed by atoms with van der Waals surface area (Å²) in [7, 11) is 0. The van der Waals surface area contributed by atoms with Gasteiger partial charge in [-0.3, -0.25) is 9.36 Å². The lowest BCUT2D eigenvalue weighted by molar-refractivity contribution is -0.127. The number of piperidine rings is 1. The minimum absolute atomic E-state index is 0.0188. The zero-order chi connectivity index (χ0) is 20.5. The normalized spacial score (nSPS) is 15.4. The molecule has 2 aromatic heterocycles. The summed E-state index contributed by atoms with van der Waals surface area (Å²) in [6.45, 7) is 1.26. The number of hydrogen-bond acceptors (Lipinski definition) is 3. The maximum atomic E-state index is 12.6. The zero-order valence-corrected chi connectivity index (χ0v) is 16.5. The Balaban J connectivity index is 1.26. The molecule has 0 saturated carbocycles. The highest BCUT2D eigenvalue weighted by atomic mass is 16.2. The van der Waals surface area contributed by atoms with E-state index in [-0.39, 0.29) is 17.6 Å². The van der Waals surface area contributed by atoms with Crippen LogP contribution in [0, 0.1) is 0 Å². The number of nitrogens with zero attached hydrogens (tertiary/aromatic N) is 3. The first-order valence-electron chi connectivity index (χ1n) is 10.2. The van der Waals surface area contributed by atoms with Crippen molar-refractivity contribution in [1.29, 1.82) is 0 Å². The lowest BCUT2D eigenvalue weighted by Crippen LogP contribution is -2.39. The van der Waals surface area contributed by atoms with Crippen LogP contribution < -0.4 is 5.69 Å². The number of H-pyrrole nitrogens is 1. The Labute approximate surface area is 173 Å². The molecule has 4 aromatic rings. The quantitative estimate of drug-likeness (QED) is 0.534. The molecule has 3 heterocycles. The lowest BCUT2D eigenvalue weighted by atomic mass is 10.0. The second-order valence-electron chi connectivity index (χ2n) is 7.64. The van der Waals surface area contributed by atoms with Gasteiger partial charge >= 0.3 is 5.69 Å². The number of likely N-dealkylation sites (tertiary alicyclic amines) is 1. The Morgan fingerprint density at radius 2 is 1.77 bits per heavy atom. The molecule has 0 unspecified atom stereocenters. The topological polar surface area (TPSA) is 71.0 Å². The van der Waals surface area contributed by atoms with E-state index in [1.54, 1.807) is 12.2 Å². The summed E-state index contributed by atoms with van der Waals surface area (Å²) >= 11 is 0. The summed E-state index contributed by atoms with van der Waals surface area (Å²) < 4.78 is 1.84. The fraction of sp³-hybridized carbons (Fsp3) is 0.208. The summed E-state index contributed by atoms with van der Waals surface area (Å²) in [4.78, 5) is 34.4. The van der Waals surface area contributed by atoms with Crippen molar-refractivity contribution in [1.82, 2.24) is 19.4 Å². The predicted molar refractivity (Wildman–Crippen MR) is 118 cm³/mol. The molecular formula is C24H22N4O2. The molecule has 1 saturated heterocycles. The van der Waals surface area contributed by atoms with E-state index in [0.29, 0.717) is 13.1 Å². The van der Waals surface area contributed by atoms with Crippen LogP contribution in [0.4, 0.5) is 0 Å². The summed E-state index contributed by atoms with van der Waals surface area (Å²) in [6, 6.07) is 19.7. The van der Waals surface area contributed by atoms with E-state index in [2.05, 4.69) is 9.97 Å². The van der Waals surface area contributed by atoms with E-state index in [4.69, 9.17) is 0 Å². The van der Waals surface area contributed by atoms with E-state index in [1.165, 1.54) is 0 Å². The average molecular weight is 398 g/mol. The lowest BCUT2D eigenvalue weighted by Gasteiger charge is -2.32. The molecule has 0 spiro atoms. The van der Waals surface area contributed by atoms with Crippen LogP contribution in [-0.4, -0.2) is 38.4 Å². The first kappa shape index (κ1) is 18.4. The fourth-order valence-corrected chi connectivity index (χ4v) is 4.22. The number of pyridine rings is 1. The summed E-state index contributed by atoms with van der Waals surface area (Å²) in [6.07, 6.45) is 4.88. The van der Waals surface area contributed by atoms with Crippen molar-refractivity contribution in [2.24, 2.45) is 0 Å². The maximum Gasteiger partial charge on any atom is 0.326 e. The first-order valence-corrected chi connectivity index (χ1v) is 10.2.